The van der Waals surface area contributed by atoms with Crippen molar-refractivity contribution < 1.29 is 53.2 Å². The zero-order chi connectivity index (χ0) is 5.86. The number of Topliss-reactive ketones (excluding diaryl/α,β-unsaturated/α-hetero) is 2. The summed E-state index contributed by atoms with van der Waals surface area (Å²) in [4.78, 5) is 20.1. The summed E-state index contributed by atoms with van der Waals surface area (Å²) >= 11 is 0. The third-order valence-corrected chi connectivity index (χ3v) is 0.498. The van der Waals surface area contributed by atoms with Gasteiger partial charge in [0.25, 0.3) is 0 Å². The van der Waals surface area contributed by atoms with Crippen LogP contribution in [0.3, 0.4) is 0 Å². The van der Waals surface area contributed by atoms with E-state index in [9.17, 15) is 9.59 Å². The standard InChI is InChI=1S/C5H8O2.4H2O.Ti/c1-4(6)3-5(2)7;;;;;/h3H2,1-2H3;4*1H2;/p-4. The Morgan fingerprint density at radius 2 is 1.00 bits per heavy atom. The van der Waals surface area contributed by atoms with Gasteiger partial charge in [0.05, 0.1) is 6.42 Å². The summed E-state index contributed by atoms with van der Waals surface area (Å²) in [6.07, 6.45) is 0.0833. The molecule has 0 atom stereocenters. The van der Waals surface area contributed by atoms with Crippen LogP contribution in [0.2, 0.25) is 0 Å². The Hall–Kier alpha value is -0.106. The third-order valence-electron chi connectivity index (χ3n) is 0.498. The molecule has 0 unspecified atom stereocenters. The van der Waals surface area contributed by atoms with Crippen LogP contribution in [0.4, 0.5) is 0 Å². The summed E-state index contributed by atoms with van der Waals surface area (Å²) < 4.78 is 0. The topological polar surface area (TPSA) is 154 Å². The fourth-order valence-corrected chi connectivity index (χ4v) is 0.351. The van der Waals surface area contributed by atoms with E-state index in [1.807, 2.05) is 0 Å². The zero-order valence-electron chi connectivity index (χ0n) is 6.81. The predicted octanol–water partition coefficient (Wildman–Crippen LogP) is -0.155. The van der Waals surface area contributed by atoms with Crippen molar-refractivity contribution in [1.29, 1.82) is 0 Å². The molecule has 0 spiro atoms. The Morgan fingerprint density at radius 1 is 0.833 bits per heavy atom. The fourth-order valence-electron chi connectivity index (χ4n) is 0.351. The summed E-state index contributed by atoms with van der Waals surface area (Å²) in [7, 11) is 0. The van der Waals surface area contributed by atoms with Crippen molar-refractivity contribution in [2.24, 2.45) is 0 Å². The van der Waals surface area contributed by atoms with E-state index in [4.69, 9.17) is 0 Å². The van der Waals surface area contributed by atoms with E-state index in [0.29, 0.717) is 0 Å². The van der Waals surface area contributed by atoms with Gasteiger partial charge in [0.2, 0.25) is 0 Å². The van der Waals surface area contributed by atoms with Crippen LogP contribution in [-0.2, 0) is 31.3 Å². The molecule has 7 heteroatoms. The van der Waals surface area contributed by atoms with Gasteiger partial charge in [-0.15, -0.1) is 0 Å². The Balaban J connectivity index is -0.0000000180. The molecule has 0 saturated heterocycles. The van der Waals surface area contributed by atoms with Gasteiger partial charge in [-0.05, 0) is 13.8 Å². The number of hydrogen-bond acceptors (Lipinski definition) is 6. The second-order valence-corrected chi connectivity index (χ2v) is 1.58. The van der Waals surface area contributed by atoms with E-state index in [2.05, 4.69) is 0 Å². The van der Waals surface area contributed by atoms with Crippen molar-refractivity contribution in [3.63, 3.8) is 0 Å². The van der Waals surface area contributed by atoms with E-state index in [1.165, 1.54) is 13.8 Å². The minimum Gasteiger partial charge on any atom is -0.870 e. The molecule has 0 aliphatic carbocycles. The van der Waals surface area contributed by atoms with Gasteiger partial charge in [-0.3, -0.25) is 9.59 Å². The van der Waals surface area contributed by atoms with E-state index < -0.39 is 0 Å². The first kappa shape index (κ1) is 40.6. The van der Waals surface area contributed by atoms with Crippen molar-refractivity contribution in [3.8, 4) is 0 Å². The van der Waals surface area contributed by atoms with Crippen LogP contribution in [0.5, 0.6) is 0 Å². The first-order chi connectivity index (χ1) is 3.13. The van der Waals surface area contributed by atoms with Gasteiger partial charge in [0, 0.05) is 21.7 Å². The van der Waals surface area contributed by atoms with E-state index in [1.54, 1.807) is 0 Å². The second-order valence-electron chi connectivity index (χ2n) is 1.58. The Bertz CT molecular complexity index is 92.1. The monoisotopic (exact) mass is 216 g/mol. The molecule has 0 fully saturated rings. The van der Waals surface area contributed by atoms with Crippen LogP contribution in [-0.4, -0.2) is 33.5 Å². The molecule has 0 bridgehead atoms. The molecule has 0 amide bonds. The van der Waals surface area contributed by atoms with Gasteiger partial charge in [-0.25, -0.2) is 0 Å². The SMILES string of the molecule is CC(=O)CC(C)=O.[OH-].[OH-].[OH-].[OH-].[Ti]. The molecule has 0 rings (SSSR count). The van der Waals surface area contributed by atoms with Crippen LogP contribution in [0, 0.1) is 0 Å². The van der Waals surface area contributed by atoms with Gasteiger partial charge in [-0.2, -0.15) is 0 Å². The summed E-state index contributed by atoms with van der Waals surface area (Å²) in [5, 5.41) is 0. The van der Waals surface area contributed by atoms with Gasteiger partial charge >= 0.3 is 0 Å². The molecular formula is C5H12O6Ti-4. The average molecular weight is 216 g/mol. The van der Waals surface area contributed by atoms with Crippen molar-refractivity contribution in [2.45, 2.75) is 20.3 Å². The van der Waals surface area contributed by atoms with Gasteiger partial charge < -0.3 is 21.9 Å². The molecule has 0 radical (unpaired) electrons. The number of ketones is 2. The number of rotatable bonds is 2. The molecule has 0 heterocycles. The first-order valence-electron chi connectivity index (χ1n) is 2.12. The zero-order valence-corrected chi connectivity index (χ0v) is 8.37. The van der Waals surface area contributed by atoms with E-state index in [-0.39, 0.29) is 61.6 Å². The summed E-state index contributed by atoms with van der Waals surface area (Å²) in [5.74, 6) is -0.125. The Kier molecular flexibility index (Phi) is 76.0. The molecule has 0 aromatic carbocycles. The van der Waals surface area contributed by atoms with Gasteiger partial charge in [0.15, 0.2) is 0 Å². The van der Waals surface area contributed by atoms with Crippen LogP contribution < -0.4 is 0 Å². The molecule has 76 valence electrons. The largest absolute Gasteiger partial charge is 0.870 e. The van der Waals surface area contributed by atoms with Gasteiger partial charge in [0.1, 0.15) is 11.6 Å². The molecule has 12 heavy (non-hydrogen) atoms. The van der Waals surface area contributed by atoms with E-state index >= 15 is 0 Å². The normalized spacial score (nSPS) is 4.83. The molecule has 0 aliphatic rings. The van der Waals surface area contributed by atoms with Crippen molar-refractivity contribution in [1.82, 2.24) is 0 Å². The van der Waals surface area contributed by atoms with Gasteiger partial charge in [-0.1, -0.05) is 0 Å². The van der Waals surface area contributed by atoms with Crippen LogP contribution in [0.1, 0.15) is 20.3 Å². The molecule has 6 nitrogen and oxygen atoms in total. The molecule has 0 saturated carbocycles. The minimum atomic E-state index is -0.0625. The van der Waals surface area contributed by atoms with Crippen LogP contribution >= 0.6 is 0 Å². The maximum Gasteiger partial charge on any atom is 0.137 e. The van der Waals surface area contributed by atoms with Crippen molar-refractivity contribution in [2.75, 3.05) is 0 Å². The molecule has 0 aromatic heterocycles. The summed E-state index contributed by atoms with van der Waals surface area (Å²) in [6, 6.07) is 0. The second kappa shape index (κ2) is 22.4. The average Bonchev–Trinajstić information content (AvgIpc) is 1.27. The predicted molar refractivity (Wildman–Crippen MR) is 33.7 cm³/mol. The molecular weight excluding hydrogens is 204 g/mol. The summed E-state index contributed by atoms with van der Waals surface area (Å²) in [6.45, 7) is 2.81. The molecule has 0 aliphatic heterocycles. The maximum atomic E-state index is 10.0. The molecule has 0 aromatic rings. The third kappa shape index (κ3) is 51.6. The minimum absolute atomic E-state index is 0. The number of carbonyl (C=O) groups excluding carboxylic acids is 2. The number of carbonyl (C=O) groups is 2. The Labute approximate surface area is 85.5 Å². The first-order valence-corrected chi connectivity index (χ1v) is 2.12. The number of hydrogen-bond donors (Lipinski definition) is 0. The Morgan fingerprint density at radius 3 is 1.00 bits per heavy atom. The quantitative estimate of drug-likeness (QED) is 0.461. The summed E-state index contributed by atoms with van der Waals surface area (Å²) in [5.41, 5.74) is 0. The molecule has 4 N–H and O–H groups in total. The fraction of sp³-hybridized carbons (Fsp3) is 0.600. The van der Waals surface area contributed by atoms with Crippen LogP contribution in [0.25, 0.3) is 0 Å². The smallest absolute Gasteiger partial charge is 0.137 e. The van der Waals surface area contributed by atoms with E-state index in [0.717, 1.165) is 0 Å². The van der Waals surface area contributed by atoms with Crippen molar-refractivity contribution in [3.05, 3.63) is 0 Å². The maximum absolute atomic E-state index is 10.0. The van der Waals surface area contributed by atoms with Crippen molar-refractivity contribution >= 4 is 11.6 Å². The van der Waals surface area contributed by atoms with Crippen LogP contribution in [0.15, 0.2) is 0 Å².